The van der Waals surface area contributed by atoms with Gasteiger partial charge in [0, 0.05) is 32.2 Å². The van der Waals surface area contributed by atoms with Crippen LogP contribution in [0.25, 0.3) is 0 Å². The number of aliphatic imine (C=N–C) groups is 1. The van der Waals surface area contributed by atoms with Gasteiger partial charge in [0.05, 0.1) is 6.04 Å². The van der Waals surface area contributed by atoms with Gasteiger partial charge in [0.2, 0.25) is 41.4 Å². The molecule has 0 aromatic heterocycles. The van der Waals surface area contributed by atoms with Crippen molar-refractivity contribution in [2.75, 3.05) is 6.54 Å². The Labute approximate surface area is 471 Å². The van der Waals surface area contributed by atoms with Crippen molar-refractivity contribution < 1.29 is 58.5 Å². The molecule has 0 heterocycles. The zero-order chi connectivity index (χ0) is 59.6. The van der Waals surface area contributed by atoms with Crippen LogP contribution in [0.4, 0.5) is 0 Å². The van der Waals surface area contributed by atoms with Crippen LogP contribution in [-0.2, 0) is 68.8 Å². The summed E-state index contributed by atoms with van der Waals surface area (Å²) in [6.45, 7) is 7.06. The van der Waals surface area contributed by atoms with E-state index in [1.165, 1.54) is 12.1 Å². The number of phenols is 1. The zero-order valence-corrected chi connectivity index (χ0v) is 46.0. The van der Waals surface area contributed by atoms with E-state index in [-0.39, 0.29) is 69.1 Å². The molecule has 0 aliphatic heterocycles. The normalized spacial score (nSPS) is 14.0. The van der Waals surface area contributed by atoms with E-state index in [1.54, 1.807) is 117 Å². The van der Waals surface area contributed by atoms with Crippen molar-refractivity contribution in [1.82, 2.24) is 37.2 Å². The SMILES string of the molecule is CC(C)C[C@H](NC(=O)[C@@H](N)Cc1ccc(O)cc1)C(=O)N[C@@H](Cc1ccccc1)C(=O)N[C@@H](Cc1ccccc1)C(=O)N[C@H](C(=O)N[C@@H](Cc1ccccc1)C(=O)N[C@@H](CCC(=O)O)C(=O)N[C@@H](CCCN=C(N)N)C(=O)O)C(C)C. The topological polar surface area (TPSA) is 389 Å². The number of guanidine groups is 1. The molecule has 0 aliphatic carbocycles. The van der Waals surface area contributed by atoms with Crippen molar-refractivity contribution in [3.63, 3.8) is 0 Å². The van der Waals surface area contributed by atoms with Gasteiger partial charge in [-0.25, -0.2) is 4.79 Å². The van der Waals surface area contributed by atoms with Crippen molar-refractivity contribution in [2.45, 2.75) is 134 Å². The molecule has 4 rings (SSSR count). The summed E-state index contributed by atoms with van der Waals surface area (Å²) in [6, 6.07) is 21.5. The fourth-order valence-corrected chi connectivity index (χ4v) is 8.57. The molecule has 0 radical (unpaired) electrons. The number of carbonyl (C=O) groups is 9. The van der Waals surface area contributed by atoms with Crippen LogP contribution in [0.1, 0.15) is 82.1 Å². The molecule has 23 heteroatoms. The lowest BCUT2D eigenvalue weighted by Crippen LogP contribution is -2.61. The van der Waals surface area contributed by atoms with E-state index < -0.39 is 120 Å². The van der Waals surface area contributed by atoms with Gasteiger partial charge in [-0.1, -0.05) is 131 Å². The molecule has 0 aliphatic rings. The van der Waals surface area contributed by atoms with Gasteiger partial charge in [0.15, 0.2) is 5.96 Å². The minimum Gasteiger partial charge on any atom is -0.508 e. The highest BCUT2D eigenvalue weighted by atomic mass is 16.4. The van der Waals surface area contributed by atoms with Crippen LogP contribution in [0.5, 0.6) is 5.75 Å². The summed E-state index contributed by atoms with van der Waals surface area (Å²) in [7, 11) is 0. The maximum Gasteiger partial charge on any atom is 0.326 e. The first-order valence-corrected chi connectivity index (χ1v) is 26.8. The molecule has 0 saturated heterocycles. The maximum atomic E-state index is 14.7. The van der Waals surface area contributed by atoms with Crippen LogP contribution in [0.3, 0.4) is 0 Å². The second kappa shape index (κ2) is 32.9. The van der Waals surface area contributed by atoms with Gasteiger partial charge in [-0.15, -0.1) is 0 Å². The molecule has 0 bridgehead atoms. The molecule has 0 fully saturated rings. The van der Waals surface area contributed by atoms with Gasteiger partial charge in [0.25, 0.3) is 0 Å². The largest absolute Gasteiger partial charge is 0.508 e. The van der Waals surface area contributed by atoms with Crippen molar-refractivity contribution in [2.24, 2.45) is 34.0 Å². The highest BCUT2D eigenvalue weighted by molar-refractivity contribution is 5.98. The van der Waals surface area contributed by atoms with E-state index >= 15 is 0 Å². The zero-order valence-electron chi connectivity index (χ0n) is 46.0. The molecule has 0 saturated carbocycles. The Balaban J connectivity index is 1.61. The fraction of sp³-hybridized carbons (Fsp3) is 0.414. The van der Waals surface area contributed by atoms with Gasteiger partial charge in [-0.05, 0) is 78.3 Å². The first-order valence-electron chi connectivity index (χ1n) is 26.8. The van der Waals surface area contributed by atoms with E-state index in [0.29, 0.717) is 22.3 Å². The molecular formula is C58H77N11O12. The minimum atomic E-state index is -1.58. The molecule has 4 aromatic carbocycles. The lowest BCUT2D eigenvalue weighted by molar-refractivity contribution is -0.143. The number of carboxylic acids is 2. The van der Waals surface area contributed by atoms with Crippen molar-refractivity contribution in [3.05, 3.63) is 138 Å². The quantitative estimate of drug-likeness (QED) is 0.0180. The molecule has 16 N–H and O–H groups in total. The lowest BCUT2D eigenvalue weighted by Gasteiger charge is -2.29. The number of nitrogens with one attached hydrogen (secondary N) is 7. The lowest BCUT2D eigenvalue weighted by atomic mass is 9.98. The number of nitrogens with two attached hydrogens (primary N) is 3. The summed E-state index contributed by atoms with van der Waals surface area (Å²) in [6.07, 6.45) is -1.02. The molecule has 7 amide bonds. The second-order valence-electron chi connectivity index (χ2n) is 20.5. The van der Waals surface area contributed by atoms with Crippen LogP contribution in [0, 0.1) is 11.8 Å². The van der Waals surface area contributed by atoms with Gasteiger partial charge in [0.1, 0.15) is 48.0 Å². The van der Waals surface area contributed by atoms with Crippen LogP contribution in [0.2, 0.25) is 0 Å². The maximum absolute atomic E-state index is 14.7. The monoisotopic (exact) mass is 1120 g/mol. The second-order valence-corrected chi connectivity index (χ2v) is 20.5. The Hall–Kier alpha value is -8.86. The number of phenolic OH excluding ortho intramolecular Hbond substituents is 1. The Morgan fingerprint density at radius 2 is 0.864 bits per heavy atom. The minimum absolute atomic E-state index is 0.0393. The number of hydrogen-bond donors (Lipinski definition) is 13. The predicted octanol–water partition coefficient (Wildman–Crippen LogP) is 1.09. The number of benzene rings is 4. The van der Waals surface area contributed by atoms with Crippen LogP contribution < -0.4 is 54.4 Å². The summed E-state index contributed by atoms with van der Waals surface area (Å²) in [4.78, 5) is 127. The van der Waals surface area contributed by atoms with Crippen molar-refractivity contribution >= 4 is 59.2 Å². The number of carbonyl (C=O) groups excluding carboxylic acids is 7. The Morgan fingerprint density at radius 1 is 0.469 bits per heavy atom. The Kier molecular flexibility index (Phi) is 26.3. The molecule has 8 atom stereocenters. The summed E-state index contributed by atoms with van der Waals surface area (Å²) in [5, 5.41) is 47.8. The number of nitrogens with zero attached hydrogens (tertiary/aromatic N) is 1. The standard InChI is InChI=1S/C58H77N11O12/c1-34(2)29-44(65-50(73)41(59)30-39-22-24-40(70)25-23-39)52(75)66-45(31-36-15-8-5-9-16-36)54(77)67-47(33-38-19-12-7-13-20-38)55(78)69-49(35(3)4)56(79)68-46(32-37-17-10-6-11-18-37)53(76)63-42(26-27-48(71)72)51(74)64-43(57(80)81)21-14-28-62-58(60)61/h5-13,15-20,22-25,34-35,41-47,49,70H,14,21,26-33,59H2,1-4H3,(H,63,76)(H,64,74)(H,65,73)(H,66,75)(H,67,77)(H,68,79)(H,69,78)(H,71,72)(H,80,81)(H4,60,61,62)/t41-,42-,43-,44-,45-,46-,47-,49-/m0/s1. The number of aliphatic carboxylic acids is 2. The molecule has 23 nitrogen and oxygen atoms in total. The predicted molar refractivity (Wildman–Crippen MR) is 302 cm³/mol. The average Bonchev–Trinajstić information content (AvgIpc) is 3.44. The van der Waals surface area contributed by atoms with Gasteiger partial charge in [-0.2, -0.15) is 0 Å². The molecule has 0 spiro atoms. The first kappa shape index (κ1) is 64.7. The van der Waals surface area contributed by atoms with E-state index in [1.807, 2.05) is 13.8 Å². The molecule has 81 heavy (non-hydrogen) atoms. The molecular weight excluding hydrogens is 1040 g/mol. The van der Waals surface area contributed by atoms with E-state index in [9.17, 15) is 58.5 Å². The van der Waals surface area contributed by atoms with E-state index in [2.05, 4.69) is 42.2 Å². The number of rotatable bonds is 33. The smallest absolute Gasteiger partial charge is 0.326 e. The third-order valence-electron chi connectivity index (χ3n) is 12.9. The fourth-order valence-electron chi connectivity index (χ4n) is 8.57. The van der Waals surface area contributed by atoms with Crippen molar-refractivity contribution in [1.29, 1.82) is 0 Å². The highest BCUT2D eigenvalue weighted by Crippen LogP contribution is 2.15. The van der Waals surface area contributed by atoms with Gasteiger partial charge < -0.3 is 69.7 Å². The number of amides is 7. The number of carboxylic acid groups (broad SMARTS) is 2. The molecule has 4 aromatic rings. The highest BCUT2D eigenvalue weighted by Gasteiger charge is 2.36. The summed E-state index contributed by atoms with van der Waals surface area (Å²) < 4.78 is 0. The number of hydrogen-bond acceptors (Lipinski definition) is 12. The first-order chi connectivity index (χ1) is 38.5. The van der Waals surface area contributed by atoms with Crippen LogP contribution in [-0.4, -0.2) is 129 Å². The third kappa shape index (κ3) is 23.2. The van der Waals surface area contributed by atoms with Crippen LogP contribution in [0.15, 0.2) is 120 Å². The summed E-state index contributed by atoms with van der Waals surface area (Å²) in [5.74, 6) is -9.29. The summed E-state index contributed by atoms with van der Waals surface area (Å²) >= 11 is 0. The molecule has 0 unspecified atom stereocenters. The number of aromatic hydroxyl groups is 1. The Bertz CT molecular complexity index is 2750. The van der Waals surface area contributed by atoms with E-state index in [4.69, 9.17) is 17.2 Å². The van der Waals surface area contributed by atoms with Gasteiger partial charge >= 0.3 is 11.9 Å². The average molecular weight is 1120 g/mol. The molecule has 436 valence electrons. The summed E-state index contributed by atoms with van der Waals surface area (Å²) in [5.41, 5.74) is 19.5. The third-order valence-corrected chi connectivity index (χ3v) is 12.9. The van der Waals surface area contributed by atoms with Gasteiger partial charge in [-0.3, -0.25) is 43.3 Å². The Morgan fingerprint density at radius 3 is 1.30 bits per heavy atom. The van der Waals surface area contributed by atoms with Crippen LogP contribution >= 0.6 is 0 Å². The van der Waals surface area contributed by atoms with E-state index in [0.717, 1.165) is 0 Å². The van der Waals surface area contributed by atoms with Crippen molar-refractivity contribution in [3.8, 4) is 5.75 Å².